The minimum atomic E-state index is -0.369. The summed E-state index contributed by atoms with van der Waals surface area (Å²) < 4.78 is 1.47. The minimum Gasteiger partial charge on any atom is -0.384 e. The van der Waals surface area contributed by atoms with Crippen LogP contribution in [0.4, 0.5) is 5.82 Å². The van der Waals surface area contributed by atoms with Crippen molar-refractivity contribution in [3.05, 3.63) is 41.5 Å². The summed E-state index contributed by atoms with van der Waals surface area (Å²) in [7, 11) is 0. The van der Waals surface area contributed by atoms with Gasteiger partial charge in [-0.1, -0.05) is 5.92 Å². The van der Waals surface area contributed by atoms with Crippen LogP contribution in [-0.2, 0) is 4.79 Å². The second-order valence-corrected chi connectivity index (χ2v) is 9.41. The maximum Gasteiger partial charge on any atom is 0.289 e. The summed E-state index contributed by atoms with van der Waals surface area (Å²) >= 11 is 0. The molecule has 0 aliphatic carbocycles. The van der Waals surface area contributed by atoms with Gasteiger partial charge in [0.05, 0.1) is 17.5 Å². The predicted molar refractivity (Wildman–Crippen MR) is 141 cm³/mol. The highest BCUT2D eigenvalue weighted by atomic mass is 16.2. The topological polar surface area (TPSA) is 189 Å². The molecule has 2 unspecified atom stereocenters. The molecule has 3 aromatic rings. The molecule has 2 aliphatic rings. The number of amidine groups is 1. The normalized spacial score (nSPS) is 20.7. The number of amides is 1. The number of aromatic nitrogens is 4. The van der Waals surface area contributed by atoms with Crippen molar-refractivity contribution in [2.45, 2.75) is 50.6 Å². The molecule has 2 fully saturated rings. The highest BCUT2D eigenvalue weighted by molar-refractivity contribution is 6.38. The van der Waals surface area contributed by atoms with Gasteiger partial charge in [0, 0.05) is 35.3 Å². The molecule has 2 bridgehead atoms. The fourth-order valence-electron chi connectivity index (χ4n) is 5.64. The third-order valence-corrected chi connectivity index (χ3v) is 7.21. The number of anilines is 1. The van der Waals surface area contributed by atoms with E-state index in [-0.39, 0.29) is 48.0 Å². The molecular formula is C26H27N9O3. The number of ketones is 1. The third kappa shape index (κ3) is 4.26. The van der Waals surface area contributed by atoms with E-state index in [4.69, 9.17) is 27.0 Å². The van der Waals surface area contributed by atoms with Gasteiger partial charge in [0.2, 0.25) is 0 Å². The van der Waals surface area contributed by atoms with E-state index in [1.807, 2.05) is 6.07 Å². The van der Waals surface area contributed by atoms with Crippen LogP contribution < -0.4 is 11.5 Å². The molecule has 0 saturated carbocycles. The summed E-state index contributed by atoms with van der Waals surface area (Å²) in [6, 6.07) is 3.43. The molecule has 6 N–H and O–H groups in total. The molecule has 3 aromatic heterocycles. The first kappa shape index (κ1) is 25.0. The van der Waals surface area contributed by atoms with Crippen LogP contribution in [0.2, 0.25) is 0 Å². The van der Waals surface area contributed by atoms with Crippen LogP contribution in [0.5, 0.6) is 0 Å². The second-order valence-electron chi connectivity index (χ2n) is 9.41. The molecule has 1 amide bonds. The summed E-state index contributed by atoms with van der Waals surface area (Å²) in [4.78, 5) is 40.4. The van der Waals surface area contributed by atoms with Crippen LogP contribution in [0.3, 0.4) is 0 Å². The maximum absolute atomic E-state index is 12.9. The van der Waals surface area contributed by atoms with E-state index >= 15 is 0 Å². The number of Topliss-reactive ketones (excluding diaryl/α,β-unsaturated/α-hetero) is 1. The summed E-state index contributed by atoms with van der Waals surface area (Å²) in [5, 5.41) is 20.4. The number of aliphatic hydroxyl groups excluding tert-OH is 1. The SMILES string of the molecule is CC(=O)c1c(C2CC3CCC(C2)N3C(=O)C(N)=NC=N)nc2c(-c3ccc(C#CCO)nc3)cnn2c1N. The highest BCUT2D eigenvalue weighted by Gasteiger charge is 2.45. The van der Waals surface area contributed by atoms with Gasteiger partial charge in [0.15, 0.2) is 17.3 Å². The zero-order valence-corrected chi connectivity index (χ0v) is 20.8. The quantitative estimate of drug-likeness (QED) is 0.173. The second kappa shape index (κ2) is 10.0. The fourth-order valence-corrected chi connectivity index (χ4v) is 5.64. The monoisotopic (exact) mass is 513 g/mol. The lowest BCUT2D eigenvalue weighted by molar-refractivity contribution is -0.128. The molecule has 12 heteroatoms. The number of carbonyl (C=O) groups excluding carboxylic acids is 2. The molecule has 5 heterocycles. The predicted octanol–water partition coefficient (Wildman–Crippen LogP) is 1.12. The number of nitrogens with zero attached hydrogens (tertiary/aromatic N) is 6. The Kier molecular flexibility index (Phi) is 6.61. The smallest absolute Gasteiger partial charge is 0.289 e. The van der Waals surface area contributed by atoms with Crippen LogP contribution in [0.15, 0.2) is 29.5 Å². The van der Waals surface area contributed by atoms with Crippen LogP contribution in [0.25, 0.3) is 16.8 Å². The van der Waals surface area contributed by atoms with Gasteiger partial charge in [-0.2, -0.15) is 9.61 Å². The van der Waals surface area contributed by atoms with E-state index in [1.54, 1.807) is 23.4 Å². The van der Waals surface area contributed by atoms with Crippen LogP contribution >= 0.6 is 0 Å². The zero-order valence-electron chi connectivity index (χ0n) is 20.8. The van der Waals surface area contributed by atoms with E-state index in [0.717, 1.165) is 24.7 Å². The van der Waals surface area contributed by atoms with E-state index in [0.29, 0.717) is 41.0 Å². The first-order valence-corrected chi connectivity index (χ1v) is 12.2. The van der Waals surface area contributed by atoms with E-state index < -0.39 is 0 Å². The summed E-state index contributed by atoms with van der Waals surface area (Å²) in [6.07, 6.45) is 6.88. The molecule has 194 valence electrons. The number of nitrogens with two attached hydrogens (primary N) is 2. The maximum atomic E-state index is 12.9. The van der Waals surface area contributed by atoms with Gasteiger partial charge in [0.25, 0.3) is 5.91 Å². The van der Waals surface area contributed by atoms with Gasteiger partial charge < -0.3 is 21.5 Å². The van der Waals surface area contributed by atoms with Crippen molar-refractivity contribution in [3.63, 3.8) is 0 Å². The summed E-state index contributed by atoms with van der Waals surface area (Å²) in [5.74, 6) is 4.68. The van der Waals surface area contributed by atoms with Gasteiger partial charge in [0.1, 0.15) is 24.5 Å². The number of carbonyl (C=O) groups is 2. The largest absolute Gasteiger partial charge is 0.384 e. The standard InChI is InChI=1S/C26H27N9O3/c1-14(37)21-22(16-9-18-6-7-19(10-16)34(18)26(38)23(28)31-13-27)33-25-20(12-32-35(25)24(21)29)15-4-5-17(30-11-15)3-2-8-36/h4-5,11-13,16,18-19,36H,6-10,29H2,1H3,(H3,27,28,31). The average molecular weight is 514 g/mol. The van der Waals surface area contributed by atoms with Crippen LogP contribution in [0, 0.1) is 17.3 Å². The number of nitrogens with one attached hydrogen (secondary N) is 1. The van der Waals surface area contributed by atoms with Crippen molar-refractivity contribution in [3.8, 4) is 23.0 Å². The molecule has 0 radical (unpaired) electrons. The minimum absolute atomic E-state index is 0.0778. The Balaban J connectivity index is 1.54. The van der Waals surface area contributed by atoms with Crippen molar-refractivity contribution in [1.82, 2.24) is 24.5 Å². The van der Waals surface area contributed by atoms with Gasteiger partial charge in [-0.15, -0.1) is 0 Å². The zero-order chi connectivity index (χ0) is 27.0. The first-order chi connectivity index (χ1) is 18.3. The lowest BCUT2D eigenvalue weighted by atomic mass is 9.85. The average Bonchev–Trinajstić information content (AvgIpc) is 3.45. The lowest BCUT2D eigenvalue weighted by Crippen LogP contribution is -2.50. The number of rotatable bonds is 4. The van der Waals surface area contributed by atoms with E-state index in [9.17, 15) is 9.59 Å². The van der Waals surface area contributed by atoms with Crippen molar-refractivity contribution in [2.75, 3.05) is 12.3 Å². The van der Waals surface area contributed by atoms with Gasteiger partial charge in [-0.05, 0) is 50.7 Å². The van der Waals surface area contributed by atoms with Gasteiger partial charge in [-0.25, -0.2) is 15.0 Å². The molecule has 38 heavy (non-hydrogen) atoms. The molecule has 12 nitrogen and oxygen atoms in total. The Morgan fingerprint density at radius 3 is 2.61 bits per heavy atom. The third-order valence-electron chi connectivity index (χ3n) is 7.21. The van der Waals surface area contributed by atoms with E-state index in [2.05, 4.69) is 26.9 Å². The molecule has 2 aliphatic heterocycles. The number of pyridine rings is 1. The summed E-state index contributed by atoms with van der Waals surface area (Å²) in [5.41, 5.74) is 15.7. The van der Waals surface area contributed by atoms with E-state index in [1.165, 1.54) is 11.4 Å². The van der Waals surface area contributed by atoms with Gasteiger partial charge in [-0.3, -0.25) is 15.0 Å². The van der Waals surface area contributed by atoms with Crippen molar-refractivity contribution in [2.24, 2.45) is 10.7 Å². The van der Waals surface area contributed by atoms with Crippen molar-refractivity contribution >= 4 is 35.3 Å². The van der Waals surface area contributed by atoms with Crippen LogP contribution in [0.1, 0.15) is 60.3 Å². The summed E-state index contributed by atoms with van der Waals surface area (Å²) in [6.45, 7) is 1.21. The first-order valence-electron chi connectivity index (χ1n) is 12.2. The van der Waals surface area contributed by atoms with Crippen LogP contribution in [-0.4, -0.2) is 72.1 Å². The number of hydrogen-bond donors (Lipinski definition) is 4. The van der Waals surface area contributed by atoms with Crippen molar-refractivity contribution < 1.29 is 14.7 Å². The number of hydrogen-bond acceptors (Lipinski definition) is 8. The Bertz CT molecular complexity index is 1520. The Labute approximate surface area is 218 Å². The molecule has 5 rings (SSSR count). The Morgan fingerprint density at radius 1 is 1.26 bits per heavy atom. The molecular weight excluding hydrogens is 486 g/mol. The molecule has 2 atom stereocenters. The number of aliphatic hydroxyl groups is 1. The molecule has 2 saturated heterocycles. The number of nitrogen functional groups attached to an aromatic ring is 1. The highest BCUT2D eigenvalue weighted by Crippen LogP contribution is 2.44. The number of piperidine rings is 1. The fraction of sp³-hybridized carbons (Fsp3) is 0.346. The number of fused-ring (bicyclic) bond motifs is 3. The van der Waals surface area contributed by atoms with Gasteiger partial charge >= 0.3 is 0 Å². The number of aliphatic imine (C=N–C) groups is 1. The Morgan fingerprint density at radius 2 is 2.00 bits per heavy atom. The molecule has 0 aromatic carbocycles. The molecule has 0 spiro atoms. The lowest BCUT2D eigenvalue weighted by Gasteiger charge is -2.39. The van der Waals surface area contributed by atoms with Crippen molar-refractivity contribution in [1.29, 1.82) is 5.41 Å². The Hall–Kier alpha value is -4.63.